The van der Waals surface area contributed by atoms with Crippen LogP contribution in [0, 0.1) is 5.41 Å². The molecule has 1 aromatic carbocycles. The van der Waals surface area contributed by atoms with Crippen molar-refractivity contribution >= 4 is 40.0 Å². The molecule has 2 N–H and O–H groups in total. The molecule has 178 valence electrons. The van der Waals surface area contributed by atoms with Crippen molar-refractivity contribution in [3.05, 3.63) is 29.8 Å². The third kappa shape index (κ3) is 7.85. The van der Waals surface area contributed by atoms with Gasteiger partial charge in [0.25, 0.3) is 0 Å². The first-order valence-electron chi connectivity index (χ1n) is 10.3. The molecule has 10 heteroatoms. The number of sulfonamides is 1. The second-order valence-electron chi connectivity index (χ2n) is 8.71. The van der Waals surface area contributed by atoms with Crippen molar-refractivity contribution < 1.29 is 13.2 Å². The molecule has 0 radical (unpaired) electrons. The summed E-state index contributed by atoms with van der Waals surface area (Å²) in [5.74, 6) is 0.605. The first kappa shape index (κ1) is 28.1. The Kier molecular flexibility index (Phi) is 11.2. The Morgan fingerprint density at radius 3 is 2.32 bits per heavy atom. The molecule has 0 aromatic heterocycles. The van der Waals surface area contributed by atoms with Crippen LogP contribution in [0.3, 0.4) is 0 Å². The minimum Gasteiger partial charge on any atom is -0.379 e. The van der Waals surface area contributed by atoms with Crippen LogP contribution in [0.15, 0.2) is 34.2 Å². The van der Waals surface area contributed by atoms with Gasteiger partial charge in [-0.05, 0) is 24.1 Å². The van der Waals surface area contributed by atoms with Crippen molar-refractivity contribution in [1.29, 1.82) is 0 Å². The van der Waals surface area contributed by atoms with Crippen molar-refractivity contribution in [2.45, 2.75) is 38.3 Å². The number of likely N-dealkylation sites (N-methyl/N-ethyl adjacent to an activating group) is 1. The van der Waals surface area contributed by atoms with Gasteiger partial charge >= 0.3 is 0 Å². The van der Waals surface area contributed by atoms with Gasteiger partial charge in [0.15, 0.2) is 5.96 Å². The van der Waals surface area contributed by atoms with Crippen LogP contribution in [-0.2, 0) is 21.3 Å². The van der Waals surface area contributed by atoms with Crippen LogP contribution in [0.25, 0.3) is 0 Å². The number of guanidine groups is 1. The first-order valence-corrected chi connectivity index (χ1v) is 11.8. The maximum absolute atomic E-state index is 13.2. The lowest BCUT2D eigenvalue weighted by molar-refractivity contribution is 0.0205. The number of hydrogen-bond acceptors (Lipinski definition) is 5. The Bertz CT molecular complexity index is 819. The molecule has 0 spiro atoms. The van der Waals surface area contributed by atoms with E-state index in [1.165, 1.54) is 0 Å². The molecule has 1 fully saturated rings. The Balaban J connectivity index is 0.00000480. The number of nitrogens with zero attached hydrogens (tertiary/aromatic N) is 3. The third-order valence-electron chi connectivity index (χ3n) is 5.43. The molecule has 1 aromatic rings. The molecule has 2 rings (SSSR count). The van der Waals surface area contributed by atoms with Crippen molar-refractivity contribution in [3.63, 3.8) is 0 Å². The molecule has 1 heterocycles. The highest BCUT2D eigenvalue weighted by atomic mass is 127. The smallest absolute Gasteiger partial charge is 0.243 e. The second-order valence-corrected chi connectivity index (χ2v) is 10.6. The lowest BCUT2D eigenvalue weighted by atomic mass is 9.89. The fourth-order valence-corrected chi connectivity index (χ4v) is 5.05. The number of piperazine rings is 1. The van der Waals surface area contributed by atoms with Gasteiger partial charge in [-0.3, -0.25) is 4.99 Å². The van der Waals surface area contributed by atoms with Gasteiger partial charge in [0.2, 0.25) is 10.0 Å². The van der Waals surface area contributed by atoms with E-state index in [4.69, 9.17) is 4.74 Å². The molecule has 0 amide bonds. The topological polar surface area (TPSA) is 86.3 Å². The van der Waals surface area contributed by atoms with Crippen LogP contribution in [-0.4, -0.2) is 83.6 Å². The van der Waals surface area contributed by atoms with Gasteiger partial charge in [0.05, 0.1) is 11.0 Å². The molecule has 1 atom stereocenters. The molecule has 0 saturated carbocycles. The fourth-order valence-electron chi connectivity index (χ4n) is 3.40. The van der Waals surface area contributed by atoms with Crippen LogP contribution in [0.4, 0.5) is 0 Å². The number of methoxy groups -OCH3 is 1. The zero-order chi connectivity index (χ0) is 22.4. The molecule has 0 bridgehead atoms. The Morgan fingerprint density at radius 1 is 1.16 bits per heavy atom. The number of benzene rings is 1. The van der Waals surface area contributed by atoms with E-state index in [1.807, 2.05) is 19.2 Å². The quantitative estimate of drug-likeness (QED) is 0.298. The van der Waals surface area contributed by atoms with E-state index >= 15 is 0 Å². The molecular formula is C21H38IN5O3S. The Labute approximate surface area is 204 Å². The van der Waals surface area contributed by atoms with E-state index < -0.39 is 10.0 Å². The van der Waals surface area contributed by atoms with E-state index in [0.717, 1.165) is 18.7 Å². The van der Waals surface area contributed by atoms with Crippen LogP contribution >= 0.6 is 24.0 Å². The summed E-state index contributed by atoms with van der Waals surface area (Å²) in [6.07, 6.45) is 0.0148. The van der Waals surface area contributed by atoms with Gasteiger partial charge in [-0.1, -0.05) is 39.0 Å². The van der Waals surface area contributed by atoms with Crippen molar-refractivity contribution in [3.8, 4) is 0 Å². The molecule has 1 aliphatic rings. The van der Waals surface area contributed by atoms with Gasteiger partial charge in [-0.15, -0.1) is 24.0 Å². The molecule has 1 unspecified atom stereocenters. The van der Waals surface area contributed by atoms with E-state index in [1.54, 1.807) is 30.6 Å². The van der Waals surface area contributed by atoms with Crippen LogP contribution in [0.1, 0.15) is 26.3 Å². The van der Waals surface area contributed by atoms with Crippen molar-refractivity contribution in [2.24, 2.45) is 10.4 Å². The summed E-state index contributed by atoms with van der Waals surface area (Å²) in [5, 5.41) is 6.50. The summed E-state index contributed by atoms with van der Waals surface area (Å²) in [6.45, 7) is 9.83. The van der Waals surface area contributed by atoms with Crippen LogP contribution in [0.5, 0.6) is 0 Å². The predicted molar refractivity (Wildman–Crippen MR) is 137 cm³/mol. The minimum absolute atomic E-state index is 0. The van der Waals surface area contributed by atoms with E-state index in [9.17, 15) is 8.42 Å². The zero-order valence-corrected chi connectivity index (χ0v) is 22.7. The van der Waals surface area contributed by atoms with Gasteiger partial charge in [-0.25, -0.2) is 8.42 Å². The lowest BCUT2D eigenvalue weighted by Gasteiger charge is -2.32. The maximum Gasteiger partial charge on any atom is 0.243 e. The van der Waals surface area contributed by atoms with Gasteiger partial charge in [0.1, 0.15) is 0 Å². The molecule has 1 aliphatic heterocycles. The number of nitrogens with one attached hydrogen (secondary N) is 2. The summed E-state index contributed by atoms with van der Waals surface area (Å²) in [6, 6.07) is 7.15. The highest BCUT2D eigenvalue weighted by Gasteiger charge is 2.29. The monoisotopic (exact) mass is 567 g/mol. The van der Waals surface area contributed by atoms with Gasteiger partial charge in [0, 0.05) is 53.4 Å². The summed E-state index contributed by atoms with van der Waals surface area (Å²) in [5.41, 5.74) is 0.711. The number of ether oxygens (including phenoxy) is 1. The molecule has 0 aliphatic carbocycles. The predicted octanol–water partition coefficient (Wildman–Crippen LogP) is 1.97. The summed E-state index contributed by atoms with van der Waals surface area (Å²) in [7, 11) is 1.87. The van der Waals surface area contributed by atoms with Crippen molar-refractivity contribution in [2.75, 3.05) is 53.9 Å². The van der Waals surface area contributed by atoms with Crippen LogP contribution < -0.4 is 10.6 Å². The van der Waals surface area contributed by atoms with Crippen molar-refractivity contribution in [1.82, 2.24) is 19.8 Å². The van der Waals surface area contributed by atoms with E-state index in [-0.39, 0.29) is 35.5 Å². The number of hydrogen-bond donors (Lipinski definition) is 2. The minimum atomic E-state index is -3.53. The highest BCUT2D eigenvalue weighted by molar-refractivity contribution is 14.0. The zero-order valence-electron chi connectivity index (χ0n) is 19.5. The standard InChI is InChI=1S/C21H37N5O3S.HI/c1-21(2,3)19(29-6)16-24-20(22-4)23-15-17-9-7-8-10-18(17)30(27,28)26-13-11-25(5)12-14-26;/h7-10,19H,11-16H2,1-6H3,(H2,22,23,24);1H. The fraction of sp³-hybridized carbons (Fsp3) is 0.667. The number of halogens is 1. The summed E-state index contributed by atoms with van der Waals surface area (Å²) in [4.78, 5) is 6.74. The second kappa shape index (κ2) is 12.3. The first-order chi connectivity index (χ1) is 14.1. The average Bonchev–Trinajstić information content (AvgIpc) is 2.70. The van der Waals surface area contributed by atoms with E-state index in [0.29, 0.717) is 37.0 Å². The SMILES string of the molecule is CN=C(NCc1ccccc1S(=O)(=O)N1CCN(C)CC1)NCC(OC)C(C)(C)C.I. The number of aliphatic imine (C=N–C) groups is 1. The Hall–Kier alpha value is -0.950. The van der Waals surface area contributed by atoms with Gasteiger partial charge in [-0.2, -0.15) is 4.31 Å². The normalized spacial score (nSPS) is 17.7. The molecular weight excluding hydrogens is 529 g/mol. The third-order valence-corrected chi connectivity index (χ3v) is 7.43. The van der Waals surface area contributed by atoms with Gasteiger partial charge < -0.3 is 20.3 Å². The number of rotatable bonds is 7. The molecule has 1 saturated heterocycles. The molecule has 31 heavy (non-hydrogen) atoms. The maximum atomic E-state index is 13.2. The summed E-state index contributed by atoms with van der Waals surface area (Å²) < 4.78 is 33.6. The molecule has 8 nitrogen and oxygen atoms in total. The largest absolute Gasteiger partial charge is 0.379 e. The lowest BCUT2D eigenvalue weighted by Crippen LogP contribution is -2.47. The van der Waals surface area contributed by atoms with E-state index in [2.05, 4.69) is 41.3 Å². The van der Waals surface area contributed by atoms with Crippen LogP contribution in [0.2, 0.25) is 0 Å². The average molecular weight is 568 g/mol. The highest BCUT2D eigenvalue weighted by Crippen LogP contribution is 2.22. The Morgan fingerprint density at radius 2 is 1.77 bits per heavy atom. The summed E-state index contributed by atoms with van der Waals surface area (Å²) >= 11 is 0.